The number of hydrogen-bond donors (Lipinski definition) is 2. The molecule has 0 aromatic carbocycles. The lowest BCUT2D eigenvalue weighted by Crippen LogP contribution is -2.22. The molecule has 0 spiro atoms. The van der Waals surface area contributed by atoms with E-state index in [1.807, 2.05) is 6.92 Å². The average molecular weight is 305 g/mol. The van der Waals surface area contributed by atoms with E-state index < -0.39 is 0 Å². The molecule has 6 nitrogen and oxygen atoms in total. The molecule has 21 heavy (non-hydrogen) atoms. The van der Waals surface area contributed by atoms with Gasteiger partial charge in [0.1, 0.15) is 5.82 Å². The van der Waals surface area contributed by atoms with Gasteiger partial charge >= 0.3 is 0 Å². The Kier molecular flexibility index (Phi) is 4.01. The van der Waals surface area contributed by atoms with Crippen molar-refractivity contribution in [2.75, 3.05) is 5.32 Å². The molecule has 2 aromatic heterocycles. The molecule has 1 saturated carbocycles. The molecule has 2 aromatic rings. The van der Waals surface area contributed by atoms with E-state index in [-0.39, 0.29) is 5.56 Å². The number of anilines is 1. The van der Waals surface area contributed by atoms with Gasteiger partial charge in [0.25, 0.3) is 5.56 Å². The first-order chi connectivity index (χ1) is 10.2. The second-order valence-corrected chi connectivity index (χ2v) is 6.00. The lowest BCUT2D eigenvalue weighted by Gasteiger charge is -2.10. The van der Waals surface area contributed by atoms with Crippen LogP contribution in [-0.2, 0) is 19.4 Å². The van der Waals surface area contributed by atoms with Crippen LogP contribution in [-0.4, -0.2) is 19.6 Å². The molecule has 0 unspecified atom stereocenters. The van der Waals surface area contributed by atoms with Crippen molar-refractivity contribution in [3.8, 4) is 0 Å². The topological polar surface area (TPSA) is 83.6 Å². The van der Waals surface area contributed by atoms with E-state index in [0.717, 1.165) is 40.6 Å². The van der Waals surface area contributed by atoms with Crippen molar-refractivity contribution in [2.24, 2.45) is 0 Å². The van der Waals surface area contributed by atoms with Crippen LogP contribution in [0, 0.1) is 0 Å². The summed E-state index contributed by atoms with van der Waals surface area (Å²) in [5.74, 6) is 1.50. The number of aryl methyl sites for hydroxylation is 1. The summed E-state index contributed by atoms with van der Waals surface area (Å²) in [6.07, 6.45) is 4.01. The van der Waals surface area contributed by atoms with Gasteiger partial charge in [-0.2, -0.15) is 9.47 Å². The summed E-state index contributed by atoms with van der Waals surface area (Å²) in [4.78, 5) is 16.5. The second-order valence-electron chi connectivity index (χ2n) is 5.25. The third-order valence-corrected chi connectivity index (χ3v) is 4.46. The van der Waals surface area contributed by atoms with Gasteiger partial charge in [-0.05, 0) is 31.2 Å². The molecular weight excluding hydrogens is 286 g/mol. The lowest BCUT2D eigenvalue weighted by molar-refractivity contribution is 0.826. The molecule has 0 saturated heterocycles. The Labute approximate surface area is 127 Å². The van der Waals surface area contributed by atoms with Gasteiger partial charge in [0.2, 0.25) is 5.13 Å². The smallest absolute Gasteiger partial charge is 0.269 e. The largest absolute Gasteiger partial charge is 0.356 e. The van der Waals surface area contributed by atoms with E-state index in [2.05, 4.69) is 31.8 Å². The maximum Gasteiger partial charge on any atom is 0.269 e. The van der Waals surface area contributed by atoms with Crippen LogP contribution < -0.4 is 10.9 Å². The molecule has 0 aliphatic heterocycles. The van der Waals surface area contributed by atoms with Gasteiger partial charge in [0.05, 0.1) is 5.69 Å². The quantitative estimate of drug-likeness (QED) is 0.855. The average Bonchev–Trinajstić information content (AvgIpc) is 3.25. The Bertz CT molecular complexity index is 689. The molecule has 1 aliphatic rings. The van der Waals surface area contributed by atoms with Gasteiger partial charge in [0.15, 0.2) is 0 Å². The van der Waals surface area contributed by atoms with E-state index in [0.29, 0.717) is 12.5 Å². The molecule has 1 aliphatic carbocycles. The summed E-state index contributed by atoms with van der Waals surface area (Å²) in [5.41, 5.74) is 2.64. The Balaban J connectivity index is 1.78. The lowest BCUT2D eigenvalue weighted by atomic mass is 10.0. The zero-order valence-corrected chi connectivity index (χ0v) is 13.1. The number of rotatable bonds is 6. The van der Waals surface area contributed by atoms with E-state index in [1.165, 1.54) is 24.4 Å². The van der Waals surface area contributed by atoms with Crippen molar-refractivity contribution in [2.45, 2.75) is 52.0 Å². The van der Waals surface area contributed by atoms with Gasteiger partial charge in [0, 0.05) is 29.6 Å². The number of nitrogens with zero attached hydrogens (tertiary/aromatic N) is 3. The van der Waals surface area contributed by atoms with Crippen LogP contribution in [0.5, 0.6) is 0 Å². The fraction of sp³-hybridized carbons (Fsp3) is 0.571. The highest BCUT2D eigenvalue weighted by atomic mass is 32.1. The van der Waals surface area contributed by atoms with Crippen molar-refractivity contribution in [3.05, 3.63) is 33.0 Å². The minimum Gasteiger partial charge on any atom is -0.356 e. The fourth-order valence-electron chi connectivity index (χ4n) is 2.44. The van der Waals surface area contributed by atoms with Gasteiger partial charge in [-0.1, -0.05) is 13.8 Å². The van der Waals surface area contributed by atoms with Crippen molar-refractivity contribution in [1.29, 1.82) is 0 Å². The summed E-state index contributed by atoms with van der Waals surface area (Å²) in [5, 5.41) is 10.7. The zero-order valence-electron chi connectivity index (χ0n) is 12.3. The van der Waals surface area contributed by atoms with E-state index in [9.17, 15) is 4.79 Å². The van der Waals surface area contributed by atoms with Crippen LogP contribution in [0.4, 0.5) is 5.13 Å². The van der Waals surface area contributed by atoms with Crippen LogP contribution in [0.2, 0.25) is 0 Å². The van der Waals surface area contributed by atoms with Gasteiger partial charge in [-0.3, -0.25) is 4.79 Å². The van der Waals surface area contributed by atoms with E-state index >= 15 is 0 Å². The molecule has 0 radical (unpaired) electrons. The first-order valence-corrected chi connectivity index (χ1v) is 8.17. The number of nitrogens with one attached hydrogen (secondary N) is 2. The zero-order chi connectivity index (χ0) is 14.8. The van der Waals surface area contributed by atoms with Crippen LogP contribution in [0.15, 0.2) is 4.79 Å². The third-order valence-electron chi connectivity index (χ3n) is 3.77. The Morgan fingerprint density at radius 2 is 2.10 bits per heavy atom. The van der Waals surface area contributed by atoms with Crippen molar-refractivity contribution in [1.82, 2.24) is 19.6 Å². The summed E-state index contributed by atoms with van der Waals surface area (Å²) in [6.45, 7) is 4.56. The number of hydrogen-bond acceptors (Lipinski definition) is 6. The van der Waals surface area contributed by atoms with Crippen molar-refractivity contribution >= 4 is 16.7 Å². The summed E-state index contributed by atoms with van der Waals surface area (Å²) < 4.78 is 4.36. The number of aromatic nitrogens is 4. The van der Waals surface area contributed by atoms with Gasteiger partial charge in [-0.15, -0.1) is 0 Å². The van der Waals surface area contributed by atoms with Crippen LogP contribution in [0.3, 0.4) is 0 Å². The molecule has 2 heterocycles. The molecular formula is C14H19N5OS. The fourth-order valence-corrected chi connectivity index (χ4v) is 3.08. The summed E-state index contributed by atoms with van der Waals surface area (Å²) in [7, 11) is 0. The molecule has 112 valence electrons. The SMILES string of the molecule is CCc1n[nH]c(=O)c(CNc2nc(C3CC3)ns2)c1CC. The Morgan fingerprint density at radius 1 is 1.29 bits per heavy atom. The first kappa shape index (κ1) is 14.2. The predicted octanol–water partition coefficient (Wildman–Crippen LogP) is 2.24. The number of H-pyrrole nitrogens is 1. The molecule has 2 N–H and O–H groups in total. The number of aromatic amines is 1. The minimum atomic E-state index is -0.122. The molecule has 0 amide bonds. The second kappa shape index (κ2) is 5.93. The Morgan fingerprint density at radius 3 is 2.76 bits per heavy atom. The highest BCUT2D eigenvalue weighted by molar-refractivity contribution is 7.09. The summed E-state index contributed by atoms with van der Waals surface area (Å²) in [6, 6.07) is 0. The van der Waals surface area contributed by atoms with Crippen molar-refractivity contribution < 1.29 is 0 Å². The highest BCUT2D eigenvalue weighted by Crippen LogP contribution is 2.39. The monoisotopic (exact) mass is 305 g/mol. The summed E-state index contributed by atoms with van der Waals surface area (Å²) >= 11 is 1.37. The minimum absolute atomic E-state index is 0.122. The normalized spacial score (nSPS) is 14.4. The molecule has 1 fully saturated rings. The maximum atomic E-state index is 12.0. The predicted molar refractivity (Wildman–Crippen MR) is 82.8 cm³/mol. The van der Waals surface area contributed by atoms with E-state index in [1.54, 1.807) is 0 Å². The van der Waals surface area contributed by atoms with Crippen LogP contribution >= 0.6 is 11.5 Å². The van der Waals surface area contributed by atoms with Crippen LogP contribution in [0.25, 0.3) is 0 Å². The van der Waals surface area contributed by atoms with Gasteiger partial charge in [-0.25, -0.2) is 10.1 Å². The molecule has 7 heteroatoms. The molecule has 3 rings (SSSR count). The van der Waals surface area contributed by atoms with E-state index in [4.69, 9.17) is 0 Å². The van der Waals surface area contributed by atoms with Gasteiger partial charge < -0.3 is 5.32 Å². The Hall–Kier alpha value is -1.76. The standard InChI is InChI=1S/C14H19N5OS/c1-3-9-10(13(20)18-17-11(9)4-2)7-15-14-16-12(19-21-14)8-5-6-8/h8H,3-7H2,1-2H3,(H,18,20)(H,15,16,19). The molecule has 0 atom stereocenters. The maximum absolute atomic E-state index is 12.0. The highest BCUT2D eigenvalue weighted by Gasteiger charge is 2.27. The third kappa shape index (κ3) is 2.97. The molecule has 0 bridgehead atoms. The van der Waals surface area contributed by atoms with Crippen molar-refractivity contribution in [3.63, 3.8) is 0 Å². The first-order valence-electron chi connectivity index (χ1n) is 7.39. The van der Waals surface area contributed by atoms with Crippen LogP contribution in [0.1, 0.15) is 55.3 Å².